The molecule has 3 aromatic rings. The van der Waals surface area contributed by atoms with Crippen LogP contribution in [0.25, 0.3) is 11.0 Å². The summed E-state index contributed by atoms with van der Waals surface area (Å²) < 4.78 is 16.2. The van der Waals surface area contributed by atoms with Gasteiger partial charge in [0, 0.05) is 6.07 Å². The van der Waals surface area contributed by atoms with Gasteiger partial charge < -0.3 is 13.9 Å². The molecule has 0 radical (unpaired) electrons. The zero-order chi connectivity index (χ0) is 14.8. The van der Waals surface area contributed by atoms with Crippen molar-refractivity contribution in [1.29, 1.82) is 0 Å². The minimum absolute atomic E-state index is 0.165. The molecule has 2 aromatic carbocycles. The van der Waals surface area contributed by atoms with Crippen LogP contribution in [0.3, 0.4) is 0 Å². The van der Waals surface area contributed by atoms with E-state index in [1.54, 1.807) is 31.4 Å². The van der Waals surface area contributed by atoms with Gasteiger partial charge in [0.2, 0.25) is 11.2 Å². The second-order valence-corrected chi connectivity index (χ2v) is 4.71. The Morgan fingerprint density at radius 3 is 2.67 bits per heavy atom. The third kappa shape index (κ3) is 2.60. The third-order valence-corrected chi connectivity index (χ3v) is 3.17. The molecule has 0 fully saturated rings. The first-order valence-corrected chi connectivity index (χ1v) is 6.51. The van der Waals surface area contributed by atoms with Gasteiger partial charge in [0.05, 0.1) is 12.5 Å². The Bertz CT molecular complexity index is 849. The van der Waals surface area contributed by atoms with Gasteiger partial charge in [-0.2, -0.15) is 0 Å². The van der Waals surface area contributed by atoms with Crippen LogP contribution in [0.1, 0.15) is 5.56 Å². The number of methoxy groups -OCH3 is 1. The molecular weight excluding hydrogens is 268 g/mol. The van der Waals surface area contributed by atoms with Crippen LogP contribution >= 0.6 is 0 Å². The first-order valence-electron chi connectivity index (χ1n) is 6.51. The molecule has 1 aromatic heterocycles. The molecule has 0 aliphatic rings. The van der Waals surface area contributed by atoms with E-state index >= 15 is 0 Å². The van der Waals surface area contributed by atoms with Gasteiger partial charge in [0.1, 0.15) is 23.3 Å². The summed E-state index contributed by atoms with van der Waals surface area (Å²) in [5, 5.41) is 0.459. The summed E-state index contributed by atoms with van der Waals surface area (Å²) in [6.07, 6.45) is 1.33. The van der Waals surface area contributed by atoms with Gasteiger partial charge in [-0.3, -0.25) is 4.79 Å². The molecule has 0 spiro atoms. The first kappa shape index (κ1) is 13.2. The fraction of sp³-hybridized carbons (Fsp3) is 0.118. The van der Waals surface area contributed by atoms with Crippen LogP contribution in [-0.4, -0.2) is 7.11 Å². The average Bonchev–Trinajstić information content (AvgIpc) is 2.50. The molecule has 106 valence electrons. The number of hydrogen-bond acceptors (Lipinski definition) is 4. The highest BCUT2D eigenvalue weighted by Crippen LogP contribution is 2.24. The Hall–Kier alpha value is -2.75. The maximum Gasteiger partial charge on any atom is 0.235 e. The van der Waals surface area contributed by atoms with Gasteiger partial charge in [-0.05, 0) is 36.8 Å². The smallest absolute Gasteiger partial charge is 0.235 e. The topological polar surface area (TPSA) is 48.7 Å². The van der Waals surface area contributed by atoms with Crippen LogP contribution < -0.4 is 14.9 Å². The van der Waals surface area contributed by atoms with Gasteiger partial charge in [-0.1, -0.05) is 12.1 Å². The Morgan fingerprint density at radius 2 is 1.90 bits per heavy atom. The minimum Gasteiger partial charge on any atom is -0.497 e. The van der Waals surface area contributed by atoms with E-state index in [1.807, 2.05) is 25.1 Å². The van der Waals surface area contributed by atoms with Gasteiger partial charge in [0.25, 0.3) is 0 Å². The average molecular weight is 282 g/mol. The number of fused-ring (bicyclic) bond motifs is 1. The summed E-state index contributed by atoms with van der Waals surface area (Å²) in [7, 11) is 1.56. The zero-order valence-electron chi connectivity index (χ0n) is 11.8. The SMILES string of the molecule is COc1ccc2c(=O)c(Oc3cccc(C)c3)coc2c1. The standard InChI is InChI=1S/C17H14O4/c1-11-4-3-5-13(8-11)21-16-10-20-15-9-12(19-2)6-7-14(15)17(16)18/h3-10H,1-2H3. The molecule has 0 saturated carbocycles. The largest absolute Gasteiger partial charge is 0.497 e. The summed E-state index contributed by atoms with van der Waals surface area (Å²) in [6.45, 7) is 1.96. The van der Waals surface area contributed by atoms with E-state index in [-0.39, 0.29) is 11.2 Å². The maximum atomic E-state index is 12.4. The predicted octanol–water partition coefficient (Wildman–Crippen LogP) is 3.90. The fourth-order valence-corrected chi connectivity index (χ4v) is 2.09. The molecule has 0 bridgehead atoms. The molecule has 0 aliphatic heterocycles. The van der Waals surface area contributed by atoms with Crippen LogP contribution in [0, 0.1) is 6.92 Å². The van der Waals surface area contributed by atoms with Crippen molar-refractivity contribution in [3.8, 4) is 17.2 Å². The van der Waals surface area contributed by atoms with Gasteiger partial charge in [0.15, 0.2) is 0 Å². The van der Waals surface area contributed by atoms with E-state index in [2.05, 4.69) is 0 Å². The highest BCUT2D eigenvalue weighted by atomic mass is 16.5. The zero-order valence-corrected chi connectivity index (χ0v) is 11.8. The van der Waals surface area contributed by atoms with Gasteiger partial charge >= 0.3 is 0 Å². The van der Waals surface area contributed by atoms with E-state index in [1.165, 1.54) is 6.26 Å². The monoisotopic (exact) mass is 282 g/mol. The number of ether oxygens (including phenoxy) is 2. The van der Waals surface area contributed by atoms with Gasteiger partial charge in [-0.15, -0.1) is 0 Å². The van der Waals surface area contributed by atoms with Crippen LogP contribution in [-0.2, 0) is 0 Å². The number of hydrogen-bond donors (Lipinski definition) is 0. The lowest BCUT2D eigenvalue weighted by atomic mass is 10.2. The predicted molar refractivity (Wildman–Crippen MR) is 80.3 cm³/mol. The number of rotatable bonds is 3. The summed E-state index contributed by atoms with van der Waals surface area (Å²) in [5.74, 6) is 1.41. The molecule has 0 N–H and O–H groups in total. The number of aryl methyl sites for hydroxylation is 1. The molecule has 21 heavy (non-hydrogen) atoms. The van der Waals surface area contributed by atoms with E-state index in [0.29, 0.717) is 22.5 Å². The Kier molecular flexibility index (Phi) is 3.36. The molecular formula is C17H14O4. The highest BCUT2D eigenvalue weighted by molar-refractivity contribution is 5.79. The molecule has 0 atom stereocenters. The quantitative estimate of drug-likeness (QED) is 0.731. The van der Waals surface area contributed by atoms with Crippen molar-refractivity contribution in [2.75, 3.05) is 7.11 Å². The van der Waals surface area contributed by atoms with Crippen molar-refractivity contribution in [3.63, 3.8) is 0 Å². The van der Waals surface area contributed by atoms with E-state index in [9.17, 15) is 4.79 Å². The molecule has 3 rings (SSSR count). The van der Waals surface area contributed by atoms with Crippen LogP contribution in [0.15, 0.2) is 57.9 Å². The first-order chi connectivity index (χ1) is 10.2. The molecule has 0 amide bonds. The van der Waals surface area contributed by atoms with Crippen molar-refractivity contribution in [2.24, 2.45) is 0 Å². The van der Waals surface area contributed by atoms with Crippen molar-refractivity contribution in [1.82, 2.24) is 0 Å². The normalized spacial score (nSPS) is 10.6. The second kappa shape index (κ2) is 5.32. The van der Waals surface area contributed by atoms with Crippen molar-refractivity contribution in [3.05, 3.63) is 64.5 Å². The summed E-state index contributed by atoms with van der Waals surface area (Å²) in [6, 6.07) is 12.6. The third-order valence-electron chi connectivity index (χ3n) is 3.17. The van der Waals surface area contributed by atoms with Gasteiger partial charge in [-0.25, -0.2) is 0 Å². The van der Waals surface area contributed by atoms with Crippen LogP contribution in [0.4, 0.5) is 0 Å². The Labute approximate surface area is 121 Å². The van der Waals surface area contributed by atoms with Crippen LogP contribution in [0.2, 0.25) is 0 Å². The number of benzene rings is 2. The highest BCUT2D eigenvalue weighted by Gasteiger charge is 2.10. The Morgan fingerprint density at radius 1 is 1.05 bits per heavy atom. The summed E-state index contributed by atoms with van der Waals surface area (Å²) in [4.78, 5) is 12.4. The maximum absolute atomic E-state index is 12.4. The van der Waals surface area contributed by atoms with Crippen molar-refractivity contribution < 1.29 is 13.9 Å². The van der Waals surface area contributed by atoms with E-state index < -0.39 is 0 Å². The lowest BCUT2D eigenvalue weighted by molar-refractivity contribution is 0.413. The van der Waals surface area contributed by atoms with E-state index in [4.69, 9.17) is 13.9 Å². The van der Waals surface area contributed by atoms with Crippen molar-refractivity contribution >= 4 is 11.0 Å². The second-order valence-electron chi connectivity index (χ2n) is 4.71. The van der Waals surface area contributed by atoms with Crippen molar-refractivity contribution in [2.45, 2.75) is 6.92 Å². The Balaban J connectivity index is 2.04. The van der Waals surface area contributed by atoms with E-state index in [0.717, 1.165) is 5.56 Å². The molecule has 0 aliphatic carbocycles. The molecule has 0 unspecified atom stereocenters. The summed E-state index contributed by atoms with van der Waals surface area (Å²) >= 11 is 0. The lowest BCUT2D eigenvalue weighted by Crippen LogP contribution is -2.05. The lowest BCUT2D eigenvalue weighted by Gasteiger charge is -2.06. The molecule has 4 nitrogen and oxygen atoms in total. The van der Waals surface area contributed by atoms with Crippen LogP contribution in [0.5, 0.6) is 17.2 Å². The minimum atomic E-state index is -0.208. The molecule has 0 saturated heterocycles. The summed E-state index contributed by atoms with van der Waals surface area (Å²) in [5.41, 5.74) is 1.32. The molecule has 4 heteroatoms. The molecule has 1 heterocycles. The fourth-order valence-electron chi connectivity index (χ4n) is 2.09.